The number of aromatic nitrogens is 3. The molecule has 0 aliphatic heterocycles. The lowest BCUT2D eigenvalue weighted by Crippen LogP contribution is -2.04. The molecule has 0 aliphatic rings. The van der Waals surface area contributed by atoms with Crippen molar-refractivity contribution < 1.29 is 9.84 Å². The quantitative estimate of drug-likeness (QED) is 0.471. The Labute approximate surface area is 176 Å². The summed E-state index contributed by atoms with van der Waals surface area (Å²) < 4.78 is 7.82. The second-order valence-electron chi connectivity index (χ2n) is 7.34. The Balaban J connectivity index is 1.75. The molecule has 0 saturated heterocycles. The molecule has 0 fully saturated rings. The fourth-order valence-electron chi connectivity index (χ4n) is 3.96. The lowest BCUT2D eigenvalue weighted by molar-refractivity contribution is 0.340. The molecule has 0 bridgehead atoms. The van der Waals surface area contributed by atoms with Crippen LogP contribution in [0.25, 0.3) is 16.5 Å². The van der Waals surface area contributed by atoms with Crippen LogP contribution in [0.2, 0.25) is 0 Å². The Morgan fingerprint density at radius 2 is 1.57 bits per heavy atom. The van der Waals surface area contributed by atoms with Crippen molar-refractivity contribution >= 4 is 16.6 Å². The first-order valence-electron chi connectivity index (χ1n) is 10.1. The standard InChI is InChI=1S/C24H26N4O2/c1-5-30-21-12-8-19(9-13-21)28-16(3)22-15(2)26-27-24(23(22)17(28)4)25-14-18-6-10-20(29)11-7-18/h6-13,29H,5,14H2,1-4H3,(H,25,27). The van der Waals surface area contributed by atoms with Gasteiger partial charge in [0.05, 0.1) is 12.3 Å². The van der Waals surface area contributed by atoms with Gasteiger partial charge in [0.1, 0.15) is 11.5 Å². The van der Waals surface area contributed by atoms with Crippen molar-refractivity contribution in [2.75, 3.05) is 11.9 Å². The Morgan fingerprint density at radius 1 is 0.900 bits per heavy atom. The van der Waals surface area contributed by atoms with Crippen LogP contribution in [0.1, 0.15) is 29.6 Å². The van der Waals surface area contributed by atoms with Gasteiger partial charge < -0.3 is 19.7 Å². The molecule has 0 unspecified atom stereocenters. The van der Waals surface area contributed by atoms with Gasteiger partial charge in [0.25, 0.3) is 0 Å². The number of phenolic OH excluding ortho intramolecular Hbond substituents is 1. The predicted octanol–water partition coefficient (Wildman–Crippen LogP) is 5.06. The molecule has 2 aromatic heterocycles. The van der Waals surface area contributed by atoms with E-state index in [9.17, 15) is 5.11 Å². The molecule has 30 heavy (non-hydrogen) atoms. The van der Waals surface area contributed by atoms with E-state index in [2.05, 4.69) is 46.1 Å². The van der Waals surface area contributed by atoms with Crippen LogP contribution in [0, 0.1) is 20.8 Å². The maximum atomic E-state index is 9.49. The third-order valence-electron chi connectivity index (χ3n) is 5.35. The number of nitrogens with zero attached hydrogens (tertiary/aromatic N) is 3. The van der Waals surface area contributed by atoms with E-state index < -0.39 is 0 Å². The number of nitrogens with one attached hydrogen (secondary N) is 1. The zero-order valence-corrected chi connectivity index (χ0v) is 17.7. The number of aromatic hydroxyl groups is 1. The topological polar surface area (TPSA) is 72.2 Å². The number of rotatable bonds is 6. The molecule has 6 heteroatoms. The highest BCUT2D eigenvalue weighted by Crippen LogP contribution is 2.34. The number of ether oxygens (including phenoxy) is 1. The fraction of sp³-hybridized carbons (Fsp3) is 0.250. The first-order valence-corrected chi connectivity index (χ1v) is 10.1. The van der Waals surface area contributed by atoms with E-state index in [1.54, 1.807) is 12.1 Å². The summed E-state index contributed by atoms with van der Waals surface area (Å²) in [6.07, 6.45) is 0. The molecule has 2 aromatic carbocycles. The molecule has 0 aliphatic carbocycles. The van der Waals surface area contributed by atoms with Crippen molar-refractivity contribution in [3.05, 3.63) is 71.2 Å². The number of anilines is 1. The monoisotopic (exact) mass is 402 g/mol. The van der Waals surface area contributed by atoms with Gasteiger partial charge in [-0.2, -0.15) is 5.10 Å². The average Bonchev–Trinajstić information content (AvgIpc) is 3.01. The van der Waals surface area contributed by atoms with Gasteiger partial charge in [0, 0.05) is 34.4 Å². The van der Waals surface area contributed by atoms with Crippen molar-refractivity contribution in [2.24, 2.45) is 0 Å². The van der Waals surface area contributed by atoms with Crippen LogP contribution in [0.3, 0.4) is 0 Å². The highest BCUT2D eigenvalue weighted by molar-refractivity contribution is 5.98. The van der Waals surface area contributed by atoms with Crippen LogP contribution in [0.5, 0.6) is 11.5 Å². The number of hydrogen-bond donors (Lipinski definition) is 2. The summed E-state index contributed by atoms with van der Waals surface area (Å²) in [6, 6.07) is 15.3. The summed E-state index contributed by atoms with van der Waals surface area (Å²) in [5.74, 6) is 1.88. The summed E-state index contributed by atoms with van der Waals surface area (Å²) in [4.78, 5) is 0. The van der Waals surface area contributed by atoms with Crippen molar-refractivity contribution in [3.63, 3.8) is 0 Å². The molecule has 4 rings (SSSR count). The van der Waals surface area contributed by atoms with Gasteiger partial charge in [-0.3, -0.25) is 0 Å². The third kappa shape index (κ3) is 3.56. The molecule has 0 spiro atoms. The second kappa shape index (κ2) is 8.06. The van der Waals surface area contributed by atoms with Gasteiger partial charge in [0.2, 0.25) is 0 Å². The van der Waals surface area contributed by atoms with Crippen molar-refractivity contribution in [3.8, 4) is 17.2 Å². The maximum absolute atomic E-state index is 9.49. The van der Waals surface area contributed by atoms with E-state index in [1.165, 1.54) is 0 Å². The molecule has 0 amide bonds. The Morgan fingerprint density at radius 3 is 2.23 bits per heavy atom. The van der Waals surface area contributed by atoms with Crippen LogP contribution in [0.15, 0.2) is 48.5 Å². The Kier molecular flexibility index (Phi) is 5.31. The van der Waals surface area contributed by atoms with Crippen LogP contribution < -0.4 is 10.1 Å². The Bertz CT molecular complexity index is 1180. The van der Waals surface area contributed by atoms with Crippen LogP contribution in [-0.4, -0.2) is 26.5 Å². The largest absolute Gasteiger partial charge is 0.508 e. The van der Waals surface area contributed by atoms with Crippen molar-refractivity contribution in [2.45, 2.75) is 34.2 Å². The van der Waals surface area contributed by atoms with Crippen molar-refractivity contribution in [1.82, 2.24) is 14.8 Å². The zero-order chi connectivity index (χ0) is 21.3. The van der Waals surface area contributed by atoms with E-state index in [1.807, 2.05) is 38.1 Å². The number of benzene rings is 2. The van der Waals surface area contributed by atoms with E-state index in [0.29, 0.717) is 13.2 Å². The van der Waals surface area contributed by atoms with Gasteiger partial charge >= 0.3 is 0 Å². The normalized spacial score (nSPS) is 11.1. The Hall–Kier alpha value is -3.54. The minimum Gasteiger partial charge on any atom is -0.508 e. The summed E-state index contributed by atoms with van der Waals surface area (Å²) in [7, 11) is 0. The van der Waals surface area contributed by atoms with Gasteiger partial charge in [-0.05, 0) is 69.7 Å². The van der Waals surface area contributed by atoms with Crippen LogP contribution >= 0.6 is 0 Å². The van der Waals surface area contributed by atoms with Crippen molar-refractivity contribution in [1.29, 1.82) is 0 Å². The summed E-state index contributed by atoms with van der Waals surface area (Å²) >= 11 is 0. The van der Waals surface area contributed by atoms with E-state index in [4.69, 9.17) is 4.74 Å². The summed E-state index contributed by atoms with van der Waals surface area (Å²) in [6.45, 7) is 9.45. The number of phenols is 1. The molecule has 154 valence electrons. The van der Waals surface area contributed by atoms with E-state index in [0.717, 1.165) is 50.7 Å². The molecule has 2 heterocycles. The average molecular weight is 402 g/mol. The molecular weight excluding hydrogens is 376 g/mol. The van der Waals surface area contributed by atoms with Gasteiger partial charge in [0.15, 0.2) is 5.82 Å². The molecule has 4 aromatic rings. The highest BCUT2D eigenvalue weighted by Gasteiger charge is 2.19. The van der Waals surface area contributed by atoms with E-state index >= 15 is 0 Å². The molecule has 6 nitrogen and oxygen atoms in total. The molecular formula is C24H26N4O2. The SMILES string of the molecule is CCOc1ccc(-n2c(C)c3c(C)nnc(NCc4ccc(O)cc4)c3c2C)cc1. The summed E-state index contributed by atoms with van der Waals surface area (Å²) in [5.41, 5.74) is 5.28. The molecule has 2 N–H and O–H groups in total. The molecule has 0 saturated carbocycles. The lowest BCUT2D eigenvalue weighted by Gasteiger charge is -2.11. The third-order valence-corrected chi connectivity index (χ3v) is 5.35. The van der Waals surface area contributed by atoms with Gasteiger partial charge in [-0.25, -0.2) is 0 Å². The number of hydrogen-bond acceptors (Lipinski definition) is 5. The highest BCUT2D eigenvalue weighted by atomic mass is 16.5. The van der Waals surface area contributed by atoms with Gasteiger partial charge in [-0.15, -0.1) is 5.10 Å². The molecule has 0 atom stereocenters. The fourth-order valence-corrected chi connectivity index (χ4v) is 3.96. The number of fused-ring (bicyclic) bond motifs is 1. The summed E-state index contributed by atoms with van der Waals surface area (Å²) in [5, 5.41) is 23.9. The van der Waals surface area contributed by atoms with E-state index in [-0.39, 0.29) is 5.75 Å². The van der Waals surface area contributed by atoms with Crippen LogP contribution in [-0.2, 0) is 6.54 Å². The van der Waals surface area contributed by atoms with Crippen LogP contribution in [0.4, 0.5) is 5.82 Å². The minimum atomic E-state index is 0.259. The first-order chi connectivity index (χ1) is 14.5. The molecule has 0 radical (unpaired) electrons. The zero-order valence-electron chi connectivity index (χ0n) is 17.7. The smallest absolute Gasteiger partial charge is 0.158 e. The maximum Gasteiger partial charge on any atom is 0.158 e. The first kappa shape index (κ1) is 19.8. The minimum absolute atomic E-state index is 0.259. The van der Waals surface area contributed by atoms with Gasteiger partial charge in [-0.1, -0.05) is 12.1 Å². The predicted molar refractivity (Wildman–Crippen MR) is 120 cm³/mol. The number of aryl methyl sites for hydroxylation is 3. The lowest BCUT2D eigenvalue weighted by atomic mass is 10.1. The second-order valence-corrected chi connectivity index (χ2v) is 7.34.